The van der Waals surface area contributed by atoms with Crippen LogP contribution in [-0.2, 0) is 9.59 Å². The molecule has 0 saturated heterocycles. The topological polar surface area (TPSA) is 74.6 Å². The van der Waals surface area contributed by atoms with Crippen LogP contribution in [0.25, 0.3) is 0 Å². The number of aliphatic carboxylic acids is 2. The van der Waals surface area contributed by atoms with Crippen molar-refractivity contribution in [1.29, 1.82) is 0 Å². The highest BCUT2D eigenvalue weighted by molar-refractivity contribution is 5.79. The lowest BCUT2D eigenvalue weighted by Gasteiger charge is -2.20. The molecule has 2 N–H and O–H groups in total. The Morgan fingerprint density at radius 3 is 1.27 bits per heavy atom. The summed E-state index contributed by atoms with van der Waals surface area (Å²) >= 11 is 0. The van der Waals surface area contributed by atoms with E-state index < -0.39 is 23.8 Å². The molecule has 0 spiro atoms. The largest absolute Gasteiger partial charge is 0.481 e. The first kappa shape index (κ1) is 37.9. The molecule has 0 aliphatic heterocycles. The molecule has 0 aromatic carbocycles. The maximum atomic E-state index is 11.9. The average molecular weight is 559 g/mol. The van der Waals surface area contributed by atoms with Gasteiger partial charge in [-0.3, -0.25) is 9.59 Å². The number of carbonyl (C=O) groups is 2. The molecule has 0 fully saturated rings. The van der Waals surface area contributed by atoms with Crippen LogP contribution in [0.5, 0.6) is 0 Å². The fraction of sp³-hybridized carbons (Fsp3) is 0.722. The molecule has 2 unspecified atom stereocenters. The summed E-state index contributed by atoms with van der Waals surface area (Å²) in [6.45, 7) is 4.47. The summed E-state index contributed by atoms with van der Waals surface area (Å²) in [5.74, 6) is -3.54. The number of carboxylic acid groups (broad SMARTS) is 2. The van der Waals surface area contributed by atoms with Crippen LogP contribution in [0.3, 0.4) is 0 Å². The highest BCUT2D eigenvalue weighted by Gasteiger charge is 2.32. The second-order valence-corrected chi connectivity index (χ2v) is 11.2. The quantitative estimate of drug-likeness (QED) is 0.0707. The third-order valence-corrected chi connectivity index (χ3v) is 7.55. The Balaban J connectivity index is 4.06. The van der Waals surface area contributed by atoms with E-state index >= 15 is 0 Å². The lowest BCUT2D eigenvalue weighted by Crippen LogP contribution is -2.30. The first-order chi connectivity index (χ1) is 19.5. The Morgan fingerprint density at radius 1 is 0.450 bits per heavy atom. The minimum atomic E-state index is -0.974. The van der Waals surface area contributed by atoms with Crippen LogP contribution >= 0.6 is 0 Å². The van der Waals surface area contributed by atoms with Crippen LogP contribution in [-0.4, -0.2) is 22.2 Å². The van der Waals surface area contributed by atoms with Crippen LogP contribution < -0.4 is 0 Å². The predicted octanol–water partition coefficient (Wildman–Crippen LogP) is 11.2. The highest BCUT2D eigenvalue weighted by Crippen LogP contribution is 2.25. The first-order valence-electron chi connectivity index (χ1n) is 16.6. The zero-order chi connectivity index (χ0) is 29.5. The first-order valence-corrected chi connectivity index (χ1v) is 16.6. The molecule has 0 radical (unpaired) electrons. The van der Waals surface area contributed by atoms with Crippen molar-refractivity contribution < 1.29 is 19.8 Å². The molecule has 0 rings (SSSR count). The van der Waals surface area contributed by atoms with Crippen molar-refractivity contribution in [1.82, 2.24) is 0 Å². The number of hydrogen-bond donors (Lipinski definition) is 2. The number of hydrogen-bond acceptors (Lipinski definition) is 2. The molecule has 4 nitrogen and oxygen atoms in total. The minimum absolute atomic E-state index is 0.415. The molecule has 0 heterocycles. The molecule has 40 heavy (non-hydrogen) atoms. The van der Waals surface area contributed by atoms with Gasteiger partial charge in [-0.1, -0.05) is 127 Å². The van der Waals surface area contributed by atoms with E-state index in [0.717, 1.165) is 51.4 Å². The van der Waals surface area contributed by atoms with Gasteiger partial charge >= 0.3 is 11.9 Å². The molecule has 0 aromatic heterocycles. The number of carboxylic acids is 2. The van der Waals surface area contributed by atoms with Gasteiger partial charge in [0.15, 0.2) is 0 Å². The lowest BCUT2D eigenvalue weighted by molar-refractivity contribution is -0.154. The Labute approximate surface area is 247 Å². The summed E-state index contributed by atoms with van der Waals surface area (Å²) in [5, 5.41) is 19.4. The second-order valence-electron chi connectivity index (χ2n) is 11.2. The fourth-order valence-electron chi connectivity index (χ4n) is 5.00. The lowest BCUT2D eigenvalue weighted by atomic mass is 9.84. The summed E-state index contributed by atoms with van der Waals surface area (Å²) in [7, 11) is 0. The summed E-state index contributed by atoms with van der Waals surface area (Å²) in [6.07, 6.45) is 40.9. The van der Waals surface area contributed by atoms with Crippen LogP contribution in [0.2, 0.25) is 0 Å². The fourth-order valence-corrected chi connectivity index (χ4v) is 5.00. The van der Waals surface area contributed by atoms with E-state index in [-0.39, 0.29) is 0 Å². The second kappa shape index (κ2) is 29.9. The maximum absolute atomic E-state index is 11.9. The summed E-state index contributed by atoms with van der Waals surface area (Å²) in [5.41, 5.74) is 0. The zero-order valence-electron chi connectivity index (χ0n) is 26.0. The van der Waals surface area contributed by atoms with Gasteiger partial charge in [0.1, 0.15) is 0 Å². The maximum Gasteiger partial charge on any atom is 0.307 e. The highest BCUT2D eigenvalue weighted by atomic mass is 16.4. The van der Waals surface area contributed by atoms with E-state index in [0.29, 0.717) is 19.3 Å². The smallest absolute Gasteiger partial charge is 0.307 e. The summed E-state index contributed by atoms with van der Waals surface area (Å²) in [6, 6.07) is 0. The van der Waals surface area contributed by atoms with E-state index in [2.05, 4.69) is 62.5 Å². The van der Waals surface area contributed by atoms with Gasteiger partial charge < -0.3 is 10.2 Å². The van der Waals surface area contributed by atoms with Gasteiger partial charge in [0, 0.05) is 0 Å². The van der Waals surface area contributed by atoms with E-state index in [9.17, 15) is 19.8 Å². The van der Waals surface area contributed by atoms with Gasteiger partial charge in [-0.15, -0.1) is 0 Å². The van der Waals surface area contributed by atoms with Gasteiger partial charge in [-0.05, 0) is 77.0 Å². The van der Waals surface area contributed by atoms with Gasteiger partial charge in [-0.25, -0.2) is 0 Å². The summed E-state index contributed by atoms with van der Waals surface area (Å²) < 4.78 is 0. The van der Waals surface area contributed by atoms with Crippen molar-refractivity contribution >= 4 is 11.9 Å². The van der Waals surface area contributed by atoms with E-state index in [4.69, 9.17) is 0 Å². The average Bonchev–Trinajstić information content (AvgIpc) is 2.93. The van der Waals surface area contributed by atoms with E-state index in [1.54, 1.807) is 0 Å². The van der Waals surface area contributed by atoms with Crippen molar-refractivity contribution in [2.24, 2.45) is 11.8 Å². The van der Waals surface area contributed by atoms with Crippen molar-refractivity contribution in [2.45, 2.75) is 155 Å². The Bertz CT molecular complexity index is 704. The molecule has 0 aromatic rings. The van der Waals surface area contributed by atoms with Gasteiger partial charge in [0.25, 0.3) is 0 Å². The number of unbranched alkanes of at least 4 members (excludes halogenated alkanes) is 14. The van der Waals surface area contributed by atoms with Crippen LogP contribution in [0, 0.1) is 11.8 Å². The zero-order valence-corrected chi connectivity index (χ0v) is 26.0. The van der Waals surface area contributed by atoms with Gasteiger partial charge in [0.05, 0.1) is 11.8 Å². The summed E-state index contributed by atoms with van der Waals surface area (Å²) in [4.78, 5) is 23.7. The Kier molecular flexibility index (Phi) is 28.3. The number of rotatable bonds is 29. The monoisotopic (exact) mass is 558 g/mol. The molecule has 230 valence electrons. The minimum Gasteiger partial charge on any atom is -0.481 e. The molecule has 2 atom stereocenters. The van der Waals surface area contributed by atoms with Crippen LogP contribution in [0.15, 0.2) is 48.6 Å². The normalized spacial score (nSPS) is 13.8. The van der Waals surface area contributed by atoms with Crippen LogP contribution in [0.1, 0.15) is 155 Å². The van der Waals surface area contributed by atoms with Gasteiger partial charge in [0.2, 0.25) is 0 Å². The predicted molar refractivity (Wildman–Crippen MR) is 172 cm³/mol. The Hall–Kier alpha value is -2.10. The third kappa shape index (κ3) is 24.9. The van der Waals surface area contributed by atoms with E-state index in [1.165, 1.54) is 70.6 Å². The molecule has 4 heteroatoms. The van der Waals surface area contributed by atoms with Crippen molar-refractivity contribution in [3.05, 3.63) is 48.6 Å². The van der Waals surface area contributed by atoms with Crippen LogP contribution in [0.4, 0.5) is 0 Å². The van der Waals surface area contributed by atoms with E-state index in [1.807, 2.05) is 0 Å². The molecular formula is C36H62O4. The van der Waals surface area contributed by atoms with Crippen molar-refractivity contribution in [3.8, 4) is 0 Å². The molecule has 0 aliphatic carbocycles. The van der Waals surface area contributed by atoms with Crippen molar-refractivity contribution in [2.75, 3.05) is 0 Å². The third-order valence-electron chi connectivity index (χ3n) is 7.55. The SMILES string of the molecule is CCCCC/C=C\C/C=C\C/C=C\CCCC(C(=O)O)C(CCCCCC/C=C/CCCCCCCC)C(=O)O. The molecule has 0 bridgehead atoms. The molecule has 0 saturated carbocycles. The van der Waals surface area contributed by atoms with Crippen molar-refractivity contribution in [3.63, 3.8) is 0 Å². The molecule has 0 aliphatic rings. The Morgan fingerprint density at radius 2 is 0.775 bits per heavy atom. The molecule has 0 amide bonds. The van der Waals surface area contributed by atoms with Gasteiger partial charge in [-0.2, -0.15) is 0 Å². The molecular weight excluding hydrogens is 496 g/mol. The number of allylic oxidation sites excluding steroid dienone is 8. The standard InChI is InChI=1S/C36H62O4/c1-3-5-7-9-11-13-15-17-19-21-23-25-27-29-31-33(35(37)38)34(36(39)40)32-30-28-26-24-22-20-18-16-14-12-10-8-6-4-2/h11,13,17-20,23,25,33-34H,3-10,12,14-16,21-22,24,26-32H2,1-2H3,(H,37,38)(H,39,40)/b13-11-,19-17-,20-18+,25-23-.